The van der Waals surface area contributed by atoms with Gasteiger partial charge in [0.05, 0.1) is 5.92 Å². The van der Waals surface area contributed by atoms with Crippen molar-refractivity contribution < 1.29 is 18.3 Å². The number of carbonyl (C=O) groups is 1. The fraction of sp³-hybridized carbons (Fsp3) is 0.500. The van der Waals surface area contributed by atoms with Gasteiger partial charge in [-0.1, -0.05) is 6.07 Å². The van der Waals surface area contributed by atoms with Crippen LogP contribution < -0.4 is 0 Å². The number of aliphatic carboxylic acids is 1. The summed E-state index contributed by atoms with van der Waals surface area (Å²) in [5.41, 5.74) is 0. The van der Waals surface area contributed by atoms with E-state index in [4.69, 9.17) is 5.11 Å². The van der Waals surface area contributed by atoms with E-state index in [1.54, 1.807) is 24.4 Å². The Balaban J connectivity index is 2.29. The van der Waals surface area contributed by atoms with Crippen LogP contribution in [0.4, 0.5) is 0 Å². The van der Waals surface area contributed by atoms with E-state index in [1.807, 2.05) is 0 Å². The average Bonchev–Trinajstić information content (AvgIpc) is 2.84. The zero-order valence-corrected chi connectivity index (χ0v) is 10.9. The molecule has 2 rings (SSSR count). The lowest BCUT2D eigenvalue weighted by molar-refractivity contribution is -0.142. The summed E-state index contributed by atoms with van der Waals surface area (Å²) in [5, 5.41) is 10.7. The molecule has 1 N–H and O–H groups in total. The van der Waals surface area contributed by atoms with Gasteiger partial charge in [0.1, 0.15) is 4.21 Å². The Labute approximate surface area is 104 Å². The summed E-state index contributed by atoms with van der Waals surface area (Å²) in [6, 6.07) is 2.73. The second-order valence-corrected chi connectivity index (χ2v) is 7.09. The molecule has 0 amide bonds. The molecule has 0 spiro atoms. The predicted octanol–water partition coefficient (Wildman–Crippen LogP) is 1.23. The van der Waals surface area contributed by atoms with Gasteiger partial charge in [0.2, 0.25) is 0 Å². The fourth-order valence-corrected chi connectivity index (χ4v) is 4.91. The van der Waals surface area contributed by atoms with Crippen LogP contribution >= 0.6 is 11.3 Å². The van der Waals surface area contributed by atoms with Crippen molar-refractivity contribution in [3.05, 3.63) is 17.5 Å². The van der Waals surface area contributed by atoms with Gasteiger partial charge in [0, 0.05) is 12.6 Å². The largest absolute Gasteiger partial charge is 0.481 e. The Kier molecular flexibility index (Phi) is 3.24. The monoisotopic (exact) mass is 275 g/mol. The highest BCUT2D eigenvalue weighted by Crippen LogP contribution is 2.31. The number of thiophene rings is 1. The highest BCUT2D eigenvalue weighted by molar-refractivity contribution is 7.91. The molecule has 1 saturated heterocycles. The van der Waals surface area contributed by atoms with E-state index in [2.05, 4.69) is 0 Å². The summed E-state index contributed by atoms with van der Waals surface area (Å²) in [6.07, 6.45) is 0.376. The molecule has 1 aliphatic heterocycles. The molecule has 0 aliphatic carbocycles. The Hall–Kier alpha value is -0.920. The van der Waals surface area contributed by atoms with E-state index in [0.717, 1.165) is 11.3 Å². The summed E-state index contributed by atoms with van der Waals surface area (Å²) < 4.78 is 26.0. The van der Waals surface area contributed by atoms with Crippen molar-refractivity contribution in [3.8, 4) is 0 Å². The standard InChI is InChI=1S/C10H13NO4S2/c1-7-8(10(12)13)4-5-11(7)17(14,15)9-3-2-6-16-9/h2-3,6-8H,4-5H2,1H3,(H,12,13). The lowest BCUT2D eigenvalue weighted by Gasteiger charge is -2.21. The zero-order valence-electron chi connectivity index (χ0n) is 9.24. The second kappa shape index (κ2) is 4.40. The first-order chi connectivity index (χ1) is 7.94. The van der Waals surface area contributed by atoms with Gasteiger partial charge in [-0.15, -0.1) is 11.3 Å². The van der Waals surface area contributed by atoms with Crippen LogP contribution in [0.2, 0.25) is 0 Å². The molecule has 5 nitrogen and oxygen atoms in total. The van der Waals surface area contributed by atoms with Crippen LogP contribution in [0.15, 0.2) is 21.7 Å². The Morgan fingerprint density at radius 3 is 2.76 bits per heavy atom. The van der Waals surface area contributed by atoms with Gasteiger partial charge in [-0.2, -0.15) is 4.31 Å². The van der Waals surface area contributed by atoms with E-state index in [9.17, 15) is 13.2 Å². The van der Waals surface area contributed by atoms with E-state index in [0.29, 0.717) is 6.42 Å². The third-order valence-corrected chi connectivity index (χ3v) is 6.43. The molecule has 7 heteroatoms. The number of hydrogen-bond donors (Lipinski definition) is 1. The van der Waals surface area contributed by atoms with Gasteiger partial charge in [0.25, 0.3) is 10.0 Å². The van der Waals surface area contributed by atoms with Crippen molar-refractivity contribution in [2.75, 3.05) is 6.54 Å². The highest BCUT2D eigenvalue weighted by Gasteiger charge is 2.42. The zero-order chi connectivity index (χ0) is 12.6. The molecular weight excluding hydrogens is 262 g/mol. The van der Waals surface area contributed by atoms with E-state index >= 15 is 0 Å². The first-order valence-electron chi connectivity index (χ1n) is 5.22. The topological polar surface area (TPSA) is 74.7 Å². The van der Waals surface area contributed by atoms with Crippen molar-refractivity contribution in [2.45, 2.75) is 23.6 Å². The normalized spacial score (nSPS) is 26.2. The Morgan fingerprint density at radius 1 is 1.59 bits per heavy atom. The van der Waals surface area contributed by atoms with Crippen molar-refractivity contribution in [1.29, 1.82) is 0 Å². The molecule has 0 aromatic carbocycles. The maximum absolute atomic E-state index is 12.2. The maximum Gasteiger partial charge on any atom is 0.308 e. The number of hydrogen-bond acceptors (Lipinski definition) is 4. The minimum atomic E-state index is -3.52. The van der Waals surface area contributed by atoms with Gasteiger partial charge in [-0.3, -0.25) is 4.79 Å². The number of sulfonamides is 1. The van der Waals surface area contributed by atoms with Gasteiger partial charge in [-0.25, -0.2) is 8.42 Å². The Bertz CT molecular complexity index is 508. The SMILES string of the molecule is CC1C(C(=O)O)CCN1S(=O)(=O)c1cccs1. The quantitative estimate of drug-likeness (QED) is 0.900. The predicted molar refractivity (Wildman–Crippen MR) is 63.4 cm³/mol. The lowest BCUT2D eigenvalue weighted by atomic mass is 10.0. The molecule has 17 heavy (non-hydrogen) atoms. The summed E-state index contributed by atoms with van der Waals surface area (Å²) in [4.78, 5) is 11.0. The minimum absolute atomic E-state index is 0.274. The summed E-state index contributed by atoms with van der Waals surface area (Å²) in [7, 11) is -3.52. The molecule has 2 heterocycles. The van der Waals surface area contributed by atoms with Crippen LogP contribution in [0.25, 0.3) is 0 Å². The van der Waals surface area contributed by atoms with Gasteiger partial charge in [-0.05, 0) is 24.8 Å². The smallest absolute Gasteiger partial charge is 0.308 e. The molecule has 2 unspecified atom stereocenters. The third-order valence-electron chi connectivity index (χ3n) is 3.07. The minimum Gasteiger partial charge on any atom is -0.481 e. The average molecular weight is 275 g/mol. The van der Waals surface area contributed by atoms with Crippen LogP contribution in [0, 0.1) is 5.92 Å². The molecule has 94 valence electrons. The lowest BCUT2D eigenvalue weighted by Crippen LogP contribution is -2.37. The molecular formula is C10H13NO4S2. The van der Waals surface area contributed by atoms with Crippen LogP contribution in [0.5, 0.6) is 0 Å². The third kappa shape index (κ3) is 2.10. The summed E-state index contributed by atoms with van der Waals surface area (Å²) in [6.45, 7) is 1.93. The van der Waals surface area contributed by atoms with Crippen LogP contribution in [0.1, 0.15) is 13.3 Å². The van der Waals surface area contributed by atoms with Crippen LogP contribution in [0.3, 0.4) is 0 Å². The molecule has 1 aliphatic rings. The van der Waals surface area contributed by atoms with Gasteiger partial charge in [0.15, 0.2) is 0 Å². The van der Waals surface area contributed by atoms with Crippen molar-refractivity contribution in [2.24, 2.45) is 5.92 Å². The molecule has 0 radical (unpaired) electrons. The van der Waals surface area contributed by atoms with E-state index < -0.39 is 28.0 Å². The summed E-state index contributed by atoms with van der Waals surface area (Å²) >= 11 is 1.15. The molecule has 1 aromatic heterocycles. The van der Waals surface area contributed by atoms with Gasteiger partial charge < -0.3 is 5.11 Å². The van der Waals surface area contributed by atoms with E-state index in [-0.39, 0.29) is 10.8 Å². The molecule has 1 fully saturated rings. The number of carboxylic acid groups (broad SMARTS) is 1. The molecule has 0 saturated carbocycles. The molecule has 2 atom stereocenters. The molecule has 1 aromatic rings. The first kappa shape index (κ1) is 12.5. The van der Waals surface area contributed by atoms with E-state index in [1.165, 1.54) is 4.31 Å². The highest BCUT2D eigenvalue weighted by atomic mass is 32.2. The van der Waals surface area contributed by atoms with Crippen molar-refractivity contribution in [3.63, 3.8) is 0 Å². The van der Waals surface area contributed by atoms with Crippen molar-refractivity contribution >= 4 is 27.3 Å². The number of nitrogens with zero attached hydrogens (tertiary/aromatic N) is 1. The fourth-order valence-electron chi connectivity index (χ4n) is 2.11. The number of rotatable bonds is 3. The van der Waals surface area contributed by atoms with Crippen LogP contribution in [-0.4, -0.2) is 36.4 Å². The second-order valence-electron chi connectivity index (χ2n) is 4.02. The Morgan fingerprint density at radius 2 is 2.29 bits per heavy atom. The molecule has 0 bridgehead atoms. The maximum atomic E-state index is 12.2. The number of carboxylic acids is 1. The summed E-state index contributed by atoms with van der Waals surface area (Å²) in [5.74, 6) is -1.54. The van der Waals surface area contributed by atoms with Gasteiger partial charge >= 0.3 is 5.97 Å². The van der Waals surface area contributed by atoms with Crippen LogP contribution in [-0.2, 0) is 14.8 Å². The van der Waals surface area contributed by atoms with Crippen molar-refractivity contribution in [1.82, 2.24) is 4.31 Å². The first-order valence-corrected chi connectivity index (χ1v) is 7.54.